The number of aryl methyl sites for hydroxylation is 1. The molecule has 0 aromatic heterocycles. The minimum Gasteiger partial charge on any atom is -0.490 e. The zero-order valence-corrected chi connectivity index (χ0v) is 14.2. The number of primary amides is 1. The van der Waals surface area contributed by atoms with Gasteiger partial charge in [0.1, 0.15) is 18.1 Å². The van der Waals surface area contributed by atoms with Crippen molar-refractivity contribution in [3.05, 3.63) is 58.7 Å². The van der Waals surface area contributed by atoms with E-state index in [0.717, 1.165) is 22.4 Å². The van der Waals surface area contributed by atoms with E-state index < -0.39 is 5.91 Å². The average Bonchev–Trinajstić information content (AvgIpc) is 3.00. The van der Waals surface area contributed by atoms with Gasteiger partial charge in [-0.3, -0.25) is 9.59 Å². The normalized spacial score (nSPS) is 15.2. The first kappa shape index (κ1) is 16.8. The summed E-state index contributed by atoms with van der Waals surface area (Å²) < 4.78 is 11.1. The molecule has 6 heteroatoms. The molecule has 0 bridgehead atoms. The van der Waals surface area contributed by atoms with Gasteiger partial charge >= 0.3 is 0 Å². The van der Waals surface area contributed by atoms with Gasteiger partial charge in [-0.1, -0.05) is 24.3 Å². The van der Waals surface area contributed by atoms with Gasteiger partial charge in [0.15, 0.2) is 6.61 Å². The maximum atomic E-state index is 12.7. The number of fused-ring (bicyclic) bond motifs is 1. The van der Waals surface area contributed by atoms with Crippen LogP contribution in [0.4, 0.5) is 0 Å². The Labute approximate surface area is 145 Å². The third kappa shape index (κ3) is 3.42. The Balaban J connectivity index is 1.79. The number of carbonyl (C=O) groups is 2. The van der Waals surface area contributed by atoms with Crippen molar-refractivity contribution in [3.63, 3.8) is 0 Å². The molecule has 0 saturated carbocycles. The SMILES string of the molecule is Cc1ccc2c(c1C)OCC2NC(=O)c1ccccc1OCC(N)=O. The van der Waals surface area contributed by atoms with Gasteiger partial charge in [0, 0.05) is 5.56 Å². The van der Waals surface area contributed by atoms with Crippen molar-refractivity contribution in [2.24, 2.45) is 5.73 Å². The highest BCUT2D eigenvalue weighted by Gasteiger charge is 2.28. The van der Waals surface area contributed by atoms with Crippen LogP contribution in [0.1, 0.15) is 33.1 Å². The topological polar surface area (TPSA) is 90.7 Å². The van der Waals surface area contributed by atoms with E-state index in [-0.39, 0.29) is 18.6 Å². The Hall–Kier alpha value is -3.02. The predicted molar refractivity (Wildman–Crippen MR) is 92.7 cm³/mol. The van der Waals surface area contributed by atoms with Crippen molar-refractivity contribution in [2.75, 3.05) is 13.2 Å². The van der Waals surface area contributed by atoms with Crippen molar-refractivity contribution < 1.29 is 19.1 Å². The molecule has 0 saturated heterocycles. The first-order valence-corrected chi connectivity index (χ1v) is 8.01. The molecule has 0 radical (unpaired) electrons. The van der Waals surface area contributed by atoms with Crippen molar-refractivity contribution >= 4 is 11.8 Å². The molecule has 25 heavy (non-hydrogen) atoms. The van der Waals surface area contributed by atoms with E-state index in [1.54, 1.807) is 24.3 Å². The summed E-state index contributed by atoms with van der Waals surface area (Å²) in [5.74, 6) is 0.264. The van der Waals surface area contributed by atoms with Crippen LogP contribution in [-0.2, 0) is 4.79 Å². The van der Waals surface area contributed by atoms with E-state index >= 15 is 0 Å². The van der Waals surface area contributed by atoms with Crippen LogP contribution in [0.5, 0.6) is 11.5 Å². The van der Waals surface area contributed by atoms with Gasteiger partial charge in [-0.2, -0.15) is 0 Å². The lowest BCUT2D eigenvalue weighted by atomic mass is 10.0. The minimum absolute atomic E-state index is 0.231. The van der Waals surface area contributed by atoms with Crippen molar-refractivity contribution in [3.8, 4) is 11.5 Å². The second-order valence-electron chi connectivity index (χ2n) is 6.01. The van der Waals surface area contributed by atoms with Crippen LogP contribution in [0.25, 0.3) is 0 Å². The molecule has 1 aliphatic heterocycles. The average molecular weight is 340 g/mol. The molecular weight excluding hydrogens is 320 g/mol. The lowest BCUT2D eigenvalue weighted by molar-refractivity contribution is -0.119. The quantitative estimate of drug-likeness (QED) is 0.871. The van der Waals surface area contributed by atoms with Gasteiger partial charge in [-0.05, 0) is 37.1 Å². The molecule has 3 rings (SSSR count). The van der Waals surface area contributed by atoms with Crippen LogP contribution in [0.3, 0.4) is 0 Å². The fourth-order valence-electron chi connectivity index (χ4n) is 2.82. The smallest absolute Gasteiger partial charge is 0.255 e. The number of hydrogen-bond donors (Lipinski definition) is 2. The van der Waals surface area contributed by atoms with Gasteiger partial charge in [-0.15, -0.1) is 0 Å². The number of carbonyl (C=O) groups excluding carboxylic acids is 2. The minimum atomic E-state index is -0.598. The lowest BCUT2D eigenvalue weighted by Gasteiger charge is -2.14. The fourth-order valence-corrected chi connectivity index (χ4v) is 2.82. The Kier molecular flexibility index (Phi) is 4.61. The summed E-state index contributed by atoms with van der Waals surface area (Å²) in [4.78, 5) is 23.6. The largest absolute Gasteiger partial charge is 0.490 e. The van der Waals surface area contributed by atoms with E-state index in [2.05, 4.69) is 5.32 Å². The molecule has 130 valence electrons. The van der Waals surface area contributed by atoms with Crippen LogP contribution in [0.15, 0.2) is 36.4 Å². The highest BCUT2D eigenvalue weighted by molar-refractivity contribution is 5.97. The summed E-state index contributed by atoms with van der Waals surface area (Å²) in [6.07, 6.45) is 0. The number of nitrogens with one attached hydrogen (secondary N) is 1. The molecule has 2 amide bonds. The van der Waals surface area contributed by atoms with Crippen molar-refractivity contribution in [1.82, 2.24) is 5.32 Å². The molecule has 0 fully saturated rings. The Bertz CT molecular complexity index is 832. The van der Waals surface area contributed by atoms with E-state index in [1.807, 2.05) is 26.0 Å². The molecule has 6 nitrogen and oxygen atoms in total. The number of amides is 2. The molecule has 1 heterocycles. The van der Waals surface area contributed by atoms with Crippen molar-refractivity contribution in [2.45, 2.75) is 19.9 Å². The molecule has 1 unspecified atom stereocenters. The summed E-state index contributed by atoms with van der Waals surface area (Å²) in [6.45, 7) is 4.14. The predicted octanol–water partition coefficient (Wildman–Crippen LogP) is 2.03. The zero-order valence-electron chi connectivity index (χ0n) is 14.2. The molecule has 0 spiro atoms. The number of rotatable bonds is 5. The van der Waals surface area contributed by atoms with Crippen LogP contribution in [0, 0.1) is 13.8 Å². The third-order valence-corrected chi connectivity index (χ3v) is 4.28. The van der Waals surface area contributed by atoms with Crippen LogP contribution in [0.2, 0.25) is 0 Å². The highest BCUT2D eigenvalue weighted by atomic mass is 16.5. The number of nitrogens with two attached hydrogens (primary N) is 1. The van der Waals surface area contributed by atoms with Gasteiger partial charge in [0.2, 0.25) is 0 Å². The number of benzene rings is 2. The van der Waals surface area contributed by atoms with E-state index in [4.69, 9.17) is 15.2 Å². The summed E-state index contributed by atoms with van der Waals surface area (Å²) in [6, 6.07) is 10.5. The Morgan fingerprint density at radius 3 is 2.76 bits per heavy atom. The molecule has 2 aromatic carbocycles. The Morgan fingerprint density at radius 2 is 2.00 bits per heavy atom. The first-order chi connectivity index (χ1) is 12.0. The molecule has 0 aliphatic carbocycles. The molecule has 1 aliphatic rings. The number of hydrogen-bond acceptors (Lipinski definition) is 4. The van der Waals surface area contributed by atoms with E-state index in [1.165, 1.54) is 0 Å². The van der Waals surface area contributed by atoms with Gasteiger partial charge in [-0.25, -0.2) is 0 Å². The summed E-state index contributed by atoms with van der Waals surface area (Å²) >= 11 is 0. The second-order valence-corrected chi connectivity index (χ2v) is 6.01. The maximum absolute atomic E-state index is 12.7. The zero-order chi connectivity index (χ0) is 18.0. The van der Waals surface area contributed by atoms with Gasteiger partial charge in [0.05, 0.1) is 11.6 Å². The summed E-state index contributed by atoms with van der Waals surface area (Å²) in [5.41, 5.74) is 8.64. The molecule has 3 N–H and O–H groups in total. The van der Waals surface area contributed by atoms with Crippen LogP contribution < -0.4 is 20.5 Å². The van der Waals surface area contributed by atoms with Crippen LogP contribution in [-0.4, -0.2) is 25.0 Å². The third-order valence-electron chi connectivity index (χ3n) is 4.28. The lowest BCUT2D eigenvalue weighted by Crippen LogP contribution is -2.30. The van der Waals surface area contributed by atoms with Crippen molar-refractivity contribution in [1.29, 1.82) is 0 Å². The van der Waals surface area contributed by atoms with Gasteiger partial charge in [0.25, 0.3) is 11.8 Å². The van der Waals surface area contributed by atoms with Gasteiger partial charge < -0.3 is 20.5 Å². The fraction of sp³-hybridized carbons (Fsp3) is 0.263. The monoisotopic (exact) mass is 340 g/mol. The molecule has 2 aromatic rings. The van der Waals surface area contributed by atoms with E-state index in [9.17, 15) is 9.59 Å². The number of ether oxygens (including phenoxy) is 2. The number of para-hydroxylation sites is 1. The molecule has 1 atom stereocenters. The maximum Gasteiger partial charge on any atom is 0.255 e. The van der Waals surface area contributed by atoms with Crippen LogP contribution >= 0.6 is 0 Å². The standard InChI is InChI=1S/C19H20N2O4/c1-11-7-8-13-15(9-25-18(13)12(11)2)21-19(23)14-5-3-4-6-16(14)24-10-17(20)22/h3-8,15H,9-10H2,1-2H3,(H2,20,22)(H,21,23). The Morgan fingerprint density at radius 1 is 1.24 bits per heavy atom. The first-order valence-electron chi connectivity index (χ1n) is 8.01. The second kappa shape index (κ2) is 6.84. The highest BCUT2D eigenvalue weighted by Crippen LogP contribution is 2.36. The summed E-state index contributed by atoms with van der Waals surface area (Å²) in [5, 5.41) is 2.97. The van der Waals surface area contributed by atoms with E-state index in [0.29, 0.717) is 17.9 Å². The summed E-state index contributed by atoms with van der Waals surface area (Å²) in [7, 11) is 0. The molecular formula is C19H20N2O4.